The highest BCUT2D eigenvalue weighted by Crippen LogP contribution is 2.21. The third-order valence-electron chi connectivity index (χ3n) is 11.1. The number of nitrogens with zero attached hydrogens (tertiary/aromatic N) is 1. The number of nitrogens with two attached hydrogens (primary N) is 3. The molecule has 3 aromatic heterocycles. The highest BCUT2D eigenvalue weighted by atomic mass is 16.3. The molecule has 0 aliphatic heterocycles. The minimum Gasteiger partial charge on any atom is -0.394 e. The largest absolute Gasteiger partial charge is 0.394 e. The number of aliphatic hydroxyl groups excluding tert-OH is 1. The van der Waals surface area contributed by atoms with Gasteiger partial charge in [0, 0.05) is 71.8 Å². The summed E-state index contributed by atoms with van der Waals surface area (Å²) < 4.78 is 0. The standard InChI is InChI=1S/C46H56N12O7/c47-17-9-8-16-36(54-46(65)40(25-59)58-42(61)33(48)21-30-24-50-26-53-30)43(62)56-38(18-27-10-2-1-3-11-27)44(63)57-39(20-29-23-52-35-15-7-5-13-32(29)35)45(64)55-37(41(49)60)19-28-22-51-34-14-6-4-12-31(28)34/h1-7,10-15,22-24,26,33,36-40,51-52,59H,8-9,16-21,25,47-48H2,(H2,49,60)(H,50,53)(H,54,65)(H,55,64)(H,56,62)(H,57,63)(H,58,61). The zero-order chi connectivity index (χ0) is 46.3. The van der Waals surface area contributed by atoms with Gasteiger partial charge in [0.2, 0.25) is 35.4 Å². The maximum Gasteiger partial charge on any atom is 0.245 e. The first-order valence-corrected chi connectivity index (χ1v) is 21.4. The van der Waals surface area contributed by atoms with Crippen LogP contribution in [0.5, 0.6) is 0 Å². The number of H-pyrrole nitrogens is 3. The molecule has 3 heterocycles. The van der Waals surface area contributed by atoms with Crippen molar-refractivity contribution in [2.45, 2.75) is 81.2 Å². The summed E-state index contributed by atoms with van der Waals surface area (Å²) in [7, 11) is 0. The lowest BCUT2D eigenvalue weighted by Gasteiger charge is -2.27. The summed E-state index contributed by atoms with van der Waals surface area (Å²) in [5.41, 5.74) is 22.0. The average Bonchev–Trinajstić information content (AvgIpc) is 4.08. The summed E-state index contributed by atoms with van der Waals surface area (Å²) in [6.07, 6.45) is 7.56. The molecule has 0 saturated carbocycles. The lowest BCUT2D eigenvalue weighted by atomic mass is 10.00. The molecule has 0 fully saturated rings. The number of benzene rings is 3. The summed E-state index contributed by atoms with van der Waals surface area (Å²) in [6, 6.07) is 16.4. The molecular weight excluding hydrogens is 833 g/mol. The number of carbonyl (C=O) groups excluding carboxylic acids is 6. The van der Waals surface area contributed by atoms with Crippen molar-refractivity contribution >= 4 is 57.2 Å². The monoisotopic (exact) mass is 888 g/mol. The number of unbranched alkanes of at least 4 members (excludes halogenated alkanes) is 1. The van der Waals surface area contributed by atoms with Gasteiger partial charge in [-0.05, 0) is 54.6 Å². The molecule has 0 bridgehead atoms. The number of amides is 6. The van der Waals surface area contributed by atoms with Gasteiger partial charge in [0.25, 0.3) is 0 Å². The molecule has 342 valence electrons. The zero-order valence-corrected chi connectivity index (χ0v) is 35.7. The molecule has 19 nitrogen and oxygen atoms in total. The number of nitrogens with one attached hydrogen (secondary N) is 8. The fourth-order valence-electron chi connectivity index (χ4n) is 7.58. The van der Waals surface area contributed by atoms with E-state index in [1.807, 2.05) is 48.5 Å². The second-order valence-electron chi connectivity index (χ2n) is 15.9. The summed E-state index contributed by atoms with van der Waals surface area (Å²) >= 11 is 0. The Bertz CT molecular complexity index is 2540. The lowest BCUT2D eigenvalue weighted by molar-refractivity contribution is -0.135. The van der Waals surface area contributed by atoms with Gasteiger partial charge in [-0.3, -0.25) is 28.8 Å². The molecule has 6 unspecified atom stereocenters. The van der Waals surface area contributed by atoms with E-state index in [1.165, 1.54) is 12.5 Å². The van der Waals surface area contributed by atoms with Crippen LogP contribution in [-0.4, -0.2) is 110 Å². The Balaban J connectivity index is 1.23. The summed E-state index contributed by atoms with van der Waals surface area (Å²) in [5, 5.41) is 25.3. The molecule has 6 aromatic rings. The number of aliphatic hydroxyl groups is 1. The fraction of sp³-hybridized carbons (Fsp3) is 0.326. The first-order chi connectivity index (χ1) is 31.4. The van der Waals surface area contributed by atoms with E-state index < -0.39 is 78.3 Å². The number of primary amides is 1. The van der Waals surface area contributed by atoms with Crippen LogP contribution in [0.4, 0.5) is 0 Å². The minimum absolute atomic E-state index is 0.0102. The molecule has 6 atom stereocenters. The van der Waals surface area contributed by atoms with E-state index >= 15 is 0 Å². The van der Waals surface area contributed by atoms with Crippen LogP contribution >= 0.6 is 0 Å². The number of hydrogen-bond acceptors (Lipinski definition) is 10. The SMILES string of the molecule is NCCCCC(NC(=O)C(CO)NC(=O)C(N)Cc1cnc[nH]1)C(=O)NC(Cc1ccccc1)C(=O)NC(Cc1c[nH]c2ccccc12)C(=O)NC(Cc1c[nH]c2ccccc12)C(N)=O. The number of carbonyl (C=O) groups is 6. The van der Waals surface area contributed by atoms with Crippen molar-refractivity contribution in [3.8, 4) is 0 Å². The molecule has 0 spiro atoms. The quantitative estimate of drug-likeness (QED) is 0.0361. The van der Waals surface area contributed by atoms with E-state index in [2.05, 4.69) is 46.5 Å². The number of rotatable bonds is 24. The van der Waals surface area contributed by atoms with Crippen LogP contribution in [0.2, 0.25) is 0 Å². The Hall–Kier alpha value is -7.35. The average molecular weight is 889 g/mol. The number of imidazole rings is 1. The number of hydrogen-bond donors (Lipinski definition) is 12. The maximum absolute atomic E-state index is 14.6. The molecule has 15 N–H and O–H groups in total. The molecule has 19 heteroatoms. The van der Waals surface area contributed by atoms with Crippen LogP contribution in [0, 0.1) is 0 Å². The molecular formula is C46H56N12O7. The first kappa shape index (κ1) is 47.1. The number of aromatic amines is 3. The van der Waals surface area contributed by atoms with Gasteiger partial charge < -0.3 is 63.8 Å². The van der Waals surface area contributed by atoms with Crippen molar-refractivity contribution in [2.24, 2.45) is 17.2 Å². The smallest absolute Gasteiger partial charge is 0.245 e. The van der Waals surface area contributed by atoms with Crippen molar-refractivity contribution in [1.29, 1.82) is 0 Å². The van der Waals surface area contributed by atoms with Crippen molar-refractivity contribution < 1.29 is 33.9 Å². The van der Waals surface area contributed by atoms with Crippen molar-refractivity contribution in [2.75, 3.05) is 13.2 Å². The van der Waals surface area contributed by atoms with Gasteiger partial charge in [0.15, 0.2) is 0 Å². The topological polar surface area (TPSA) is 321 Å². The molecule has 6 rings (SSSR count). The van der Waals surface area contributed by atoms with Crippen LogP contribution in [0.25, 0.3) is 21.8 Å². The normalized spacial score (nSPS) is 14.1. The molecule has 65 heavy (non-hydrogen) atoms. The summed E-state index contributed by atoms with van der Waals surface area (Å²) in [5.74, 6) is -4.52. The van der Waals surface area contributed by atoms with Crippen LogP contribution in [0.1, 0.15) is 41.6 Å². The number of aromatic nitrogens is 4. The van der Waals surface area contributed by atoms with E-state index in [0.717, 1.165) is 27.4 Å². The third kappa shape index (κ3) is 12.9. The summed E-state index contributed by atoms with van der Waals surface area (Å²) in [4.78, 5) is 95.6. The van der Waals surface area contributed by atoms with E-state index in [1.54, 1.807) is 42.7 Å². The molecule has 3 aromatic carbocycles. The first-order valence-electron chi connectivity index (χ1n) is 21.4. The zero-order valence-electron chi connectivity index (χ0n) is 35.7. The molecule has 6 amide bonds. The lowest BCUT2D eigenvalue weighted by Crippen LogP contribution is -2.60. The number of fused-ring (bicyclic) bond motifs is 2. The van der Waals surface area contributed by atoms with E-state index in [0.29, 0.717) is 36.2 Å². The third-order valence-corrected chi connectivity index (χ3v) is 11.1. The molecule has 0 aliphatic carbocycles. The predicted molar refractivity (Wildman–Crippen MR) is 243 cm³/mol. The van der Waals surface area contributed by atoms with Gasteiger partial charge in [-0.1, -0.05) is 66.7 Å². The maximum atomic E-state index is 14.6. The van der Waals surface area contributed by atoms with Gasteiger partial charge in [0.05, 0.1) is 19.0 Å². The second kappa shape index (κ2) is 22.8. The van der Waals surface area contributed by atoms with Crippen LogP contribution in [-0.2, 0) is 54.5 Å². The van der Waals surface area contributed by atoms with E-state index in [-0.39, 0.29) is 32.1 Å². The van der Waals surface area contributed by atoms with Crippen LogP contribution in [0.3, 0.4) is 0 Å². The molecule has 0 aliphatic rings. The Morgan fingerprint density at radius 3 is 1.66 bits per heavy atom. The van der Waals surface area contributed by atoms with Gasteiger partial charge in [0.1, 0.15) is 30.2 Å². The minimum atomic E-state index is -1.47. The van der Waals surface area contributed by atoms with Gasteiger partial charge >= 0.3 is 0 Å². The Morgan fingerprint density at radius 2 is 1.09 bits per heavy atom. The van der Waals surface area contributed by atoms with Crippen molar-refractivity contribution in [3.05, 3.63) is 126 Å². The molecule has 0 radical (unpaired) electrons. The molecule has 0 saturated heterocycles. The van der Waals surface area contributed by atoms with Crippen LogP contribution in [0.15, 0.2) is 104 Å². The fourth-order valence-corrected chi connectivity index (χ4v) is 7.58. The van der Waals surface area contributed by atoms with Gasteiger partial charge in [-0.15, -0.1) is 0 Å². The van der Waals surface area contributed by atoms with E-state index in [4.69, 9.17) is 17.2 Å². The number of para-hydroxylation sites is 2. The highest BCUT2D eigenvalue weighted by molar-refractivity contribution is 5.97. The predicted octanol–water partition coefficient (Wildman–Crippen LogP) is 0.000800. The van der Waals surface area contributed by atoms with Gasteiger partial charge in [-0.2, -0.15) is 0 Å². The van der Waals surface area contributed by atoms with Gasteiger partial charge in [-0.25, -0.2) is 4.98 Å². The van der Waals surface area contributed by atoms with Crippen molar-refractivity contribution in [3.63, 3.8) is 0 Å². The summed E-state index contributed by atoms with van der Waals surface area (Å²) in [6.45, 7) is -0.494. The van der Waals surface area contributed by atoms with Crippen LogP contribution < -0.4 is 43.8 Å². The Morgan fingerprint density at radius 1 is 0.585 bits per heavy atom. The highest BCUT2D eigenvalue weighted by Gasteiger charge is 2.33. The van der Waals surface area contributed by atoms with Crippen molar-refractivity contribution in [1.82, 2.24) is 46.5 Å². The Kier molecular flexibility index (Phi) is 16.6. The van der Waals surface area contributed by atoms with E-state index in [9.17, 15) is 33.9 Å². The Labute approximate surface area is 374 Å². The second-order valence-corrected chi connectivity index (χ2v) is 15.9.